The largest absolute Gasteiger partial charge is 0.497 e. The first-order valence-electron chi connectivity index (χ1n) is 11.1. The van der Waals surface area contributed by atoms with Crippen molar-refractivity contribution < 1.29 is 22.6 Å². The molecule has 0 heterocycles. The molecule has 0 saturated heterocycles. The summed E-state index contributed by atoms with van der Waals surface area (Å²) in [4.78, 5) is 0. The molecule has 1 saturated carbocycles. The van der Waals surface area contributed by atoms with Gasteiger partial charge in [-0.1, -0.05) is 48.6 Å². The van der Waals surface area contributed by atoms with Crippen LogP contribution in [0, 0.1) is 17.5 Å². The Labute approximate surface area is 192 Å². The fourth-order valence-electron chi connectivity index (χ4n) is 4.45. The highest BCUT2D eigenvalue weighted by molar-refractivity contribution is 5.73. The van der Waals surface area contributed by atoms with Crippen LogP contribution in [0.25, 0.3) is 23.3 Å². The Morgan fingerprint density at radius 3 is 2.15 bits per heavy atom. The van der Waals surface area contributed by atoms with Crippen LogP contribution in [-0.4, -0.2) is 20.3 Å². The lowest BCUT2D eigenvalue weighted by molar-refractivity contribution is 0.0655. The van der Waals surface area contributed by atoms with Crippen molar-refractivity contribution in [3.8, 4) is 16.9 Å². The molecule has 0 amide bonds. The maximum Gasteiger partial charge on any atom is 0.166 e. The second-order valence-corrected chi connectivity index (χ2v) is 8.38. The highest BCUT2D eigenvalue weighted by atomic mass is 19.2. The average molecular weight is 453 g/mol. The molecule has 3 aromatic carbocycles. The van der Waals surface area contributed by atoms with Crippen LogP contribution in [-0.2, 0) is 4.74 Å². The number of hydrogen-bond acceptors (Lipinski definition) is 2. The standard InChI is InChI=1S/C28H27F3O2/c1-32-22-12-9-20(10-13-22)25-15-11-21(27(30)28(25)31)8-5-18-3-6-19(7-4-18)24-16-14-23(33-2)17-26(24)29/h3-8,11,14-17,20,22H,9-10,12-13H2,1-2H3/b8-5+. The molecule has 3 aromatic rings. The summed E-state index contributed by atoms with van der Waals surface area (Å²) < 4.78 is 54.3. The predicted molar refractivity (Wildman–Crippen MR) is 126 cm³/mol. The van der Waals surface area contributed by atoms with E-state index in [1.807, 2.05) is 12.1 Å². The summed E-state index contributed by atoms with van der Waals surface area (Å²) in [6, 6.07) is 15.3. The van der Waals surface area contributed by atoms with E-state index >= 15 is 0 Å². The molecular formula is C28H27F3O2. The van der Waals surface area contributed by atoms with Gasteiger partial charge in [0.1, 0.15) is 11.6 Å². The quantitative estimate of drug-likeness (QED) is 0.358. The van der Waals surface area contributed by atoms with Crippen molar-refractivity contribution in [1.29, 1.82) is 0 Å². The van der Waals surface area contributed by atoms with Crippen molar-refractivity contribution in [1.82, 2.24) is 0 Å². The number of methoxy groups -OCH3 is 2. The van der Waals surface area contributed by atoms with Crippen LogP contribution in [0.2, 0.25) is 0 Å². The first kappa shape index (κ1) is 23.1. The number of halogens is 3. The van der Waals surface area contributed by atoms with Gasteiger partial charge >= 0.3 is 0 Å². The normalized spacial score (nSPS) is 18.6. The molecule has 1 aliphatic rings. The molecule has 0 radical (unpaired) electrons. The van der Waals surface area contributed by atoms with Crippen LogP contribution < -0.4 is 4.74 Å². The molecule has 0 N–H and O–H groups in total. The lowest BCUT2D eigenvalue weighted by atomic mass is 9.82. The van der Waals surface area contributed by atoms with Crippen molar-refractivity contribution in [3.05, 3.63) is 88.7 Å². The van der Waals surface area contributed by atoms with Gasteiger partial charge in [0.05, 0.1) is 13.2 Å². The molecule has 0 unspecified atom stereocenters. The smallest absolute Gasteiger partial charge is 0.166 e. The van der Waals surface area contributed by atoms with Gasteiger partial charge in [-0.05, 0) is 60.4 Å². The molecule has 4 rings (SSSR count). The van der Waals surface area contributed by atoms with Gasteiger partial charge in [0, 0.05) is 24.3 Å². The number of ether oxygens (including phenoxy) is 2. The van der Waals surface area contributed by atoms with E-state index in [4.69, 9.17) is 9.47 Å². The number of rotatable bonds is 6. The van der Waals surface area contributed by atoms with Gasteiger partial charge in [0.2, 0.25) is 0 Å². The van der Waals surface area contributed by atoms with Gasteiger partial charge in [-0.2, -0.15) is 0 Å². The Kier molecular flexibility index (Phi) is 7.19. The summed E-state index contributed by atoms with van der Waals surface area (Å²) in [7, 11) is 3.18. The van der Waals surface area contributed by atoms with Crippen LogP contribution >= 0.6 is 0 Å². The van der Waals surface area contributed by atoms with Gasteiger partial charge in [0.15, 0.2) is 11.6 Å². The third kappa shape index (κ3) is 5.14. The van der Waals surface area contributed by atoms with Gasteiger partial charge in [-0.25, -0.2) is 13.2 Å². The monoisotopic (exact) mass is 452 g/mol. The molecule has 0 aromatic heterocycles. The molecule has 172 valence electrons. The molecule has 5 heteroatoms. The minimum atomic E-state index is -0.825. The first-order chi connectivity index (χ1) is 16.0. The predicted octanol–water partition coefficient (Wildman–Crippen LogP) is 7.62. The Hall–Kier alpha value is -3.05. The summed E-state index contributed by atoms with van der Waals surface area (Å²) in [6.07, 6.45) is 6.81. The van der Waals surface area contributed by atoms with Crippen LogP contribution in [0.1, 0.15) is 48.3 Å². The summed E-state index contributed by atoms with van der Waals surface area (Å²) >= 11 is 0. The van der Waals surface area contributed by atoms with Gasteiger partial charge in [-0.3, -0.25) is 0 Å². The first-order valence-corrected chi connectivity index (χ1v) is 11.1. The molecule has 33 heavy (non-hydrogen) atoms. The Morgan fingerprint density at radius 1 is 0.788 bits per heavy atom. The molecule has 0 atom stereocenters. The lowest BCUT2D eigenvalue weighted by Crippen LogP contribution is -2.20. The van der Waals surface area contributed by atoms with Crippen LogP contribution in [0.15, 0.2) is 54.6 Å². The van der Waals surface area contributed by atoms with E-state index in [9.17, 15) is 13.2 Å². The average Bonchev–Trinajstić information content (AvgIpc) is 2.85. The Morgan fingerprint density at radius 2 is 1.52 bits per heavy atom. The summed E-state index contributed by atoms with van der Waals surface area (Å²) in [5.41, 5.74) is 2.64. The minimum Gasteiger partial charge on any atom is -0.497 e. The van der Waals surface area contributed by atoms with Crippen LogP contribution in [0.4, 0.5) is 13.2 Å². The van der Waals surface area contributed by atoms with Crippen LogP contribution in [0.3, 0.4) is 0 Å². The van der Waals surface area contributed by atoms with Crippen molar-refractivity contribution in [2.45, 2.75) is 37.7 Å². The van der Waals surface area contributed by atoms with E-state index in [2.05, 4.69) is 0 Å². The highest BCUT2D eigenvalue weighted by Gasteiger charge is 2.25. The van der Waals surface area contributed by atoms with Gasteiger partial charge in [0.25, 0.3) is 0 Å². The molecule has 0 bridgehead atoms. The summed E-state index contributed by atoms with van der Waals surface area (Å²) in [5, 5.41) is 0. The van der Waals surface area contributed by atoms with E-state index in [0.29, 0.717) is 16.9 Å². The number of benzene rings is 3. The van der Waals surface area contributed by atoms with Gasteiger partial charge < -0.3 is 9.47 Å². The Bertz CT molecular complexity index is 1130. The van der Waals surface area contributed by atoms with E-state index in [1.165, 1.54) is 13.2 Å². The van der Waals surface area contributed by atoms with Crippen molar-refractivity contribution >= 4 is 12.2 Å². The molecule has 1 fully saturated rings. The summed E-state index contributed by atoms with van der Waals surface area (Å²) in [5.74, 6) is -1.47. The maximum absolute atomic E-state index is 14.8. The van der Waals surface area contributed by atoms with Crippen molar-refractivity contribution in [3.63, 3.8) is 0 Å². The third-order valence-electron chi connectivity index (χ3n) is 6.44. The fraction of sp³-hybridized carbons (Fsp3) is 0.286. The van der Waals surface area contributed by atoms with Crippen LogP contribution in [0.5, 0.6) is 5.75 Å². The topological polar surface area (TPSA) is 18.5 Å². The number of hydrogen-bond donors (Lipinski definition) is 0. The zero-order valence-electron chi connectivity index (χ0n) is 18.8. The minimum absolute atomic E-state index is 0.0230. The third-order valence-corrected chi connectivity index (χ3v) is 6.44. The second kappa shape index (κ2) is 10.3. The Balaban J connectivity index is 1.48. The molecule has 0 spiro atoms. The van der Waals surface area contributed by atoms with E-state index in [-0.39, 0.29) is 23.4 Å². The fourth-order valence-corrected chi connectivity index (χ4v) is 4.45. The van der Waals surface area contributed by atoms with Crippen molar-refractivity contribution in [2.75, 3.05) is 14.2 Å². The zero-order chi connectivity index (χ0) is 23.4. The van der Waals surface area contributed by atoms with E-state index in [0.717, 1.165) is 36.8 Å². The molecule has 1 aliphatic carbocycles. The van der Waals surface area contributed by atoms with Crippen molar-refractivity contribution in [2.24, 2.45) is 0 Å². The van der Waals surface area contributed by atoms with E-state index in [1.54, 1.807) is 55.7 Å². The summed E-state index contributed by atoms with van der Waals surface area (Å²) in [6.45, 7) is 0. The molecule has 2 nitrogen and oxygen atoms in total. The molecule has 0 aliphatic heterocycles. The van der Waals surface area contributed by atoms with Gasteiger partial charge in [-0.15, -0.1) is 0 Å². The lowest BCUT2D eigenvalue weighted by Gasteiger charge is -2.28. The molecular weight excluding hydrogens is 425 g/mol. The zero-order valence-corrected chi connectivity index (χ0v) is 18.8. The highest BCUT2D eigenvalue weighted by Crippen LogP contribution is 2.36. The van der Waals surface area contributed by atoms with E-state index < -0.39 is 11.6 Å². The maximum atomic E-state index is 14.8. The second-order valence-electron chi connectivity index (χ2n) is 8.38. The SMILES string of the molecule is COc1ccc(-c2ccc(/C=C/c3ccc(C4CCC(OC)CC4)c(F)c3F)cc2)c(F)c1.